The van der Waals surface area contributed by atoms with Gasteiger partial charge in [-0.25, -0.2) is 24.7 Å². The van der Waals surface area contributed by atoms with Crippen LogP contribution in [0.1, 0.15) is 33.6 Å². The van der Waals surface area contributed by atoms with Crippen molar-refractivity contribution < 1.29 is 14.6 Å². The molecule has 3 aromatic rings. The summed E-state index contributed by atoms with van der Waals surface area (Å²) in [5.41, 5.74) is 6.04. The molecule has 4 N–H and O–H groups in total. The van der Waals surface area contributed by atoms with Crippen molar-refractivity contribution in [2.75, 3.05) is 36.9 Å². The van der Waals surface area contributed by atoms with E-state index in [0.29, 0.717) is 48.7 Å². The number of alkyl carbamates (subject to hydrolysis) is 1. The Morgan fingerprint density at radius 2 is 2.00 bits per heavy atom. The molecule has 12 heteroatoms. The lowest BCUT2D eigenvalue weighted by atomic mass is 9.79. The molecule has 0 atom stereocenters. The number of amides is 1. The van der Waals surface area contributed by atoms with E-state index in [1.165, 1.54) is 11.8 Å². The van der Waals surface area contributed by atoms with E-state index in [0.717, 1.165) is 15.7 Å². The summed E-state index contributed by atoms with van der Waals surface area (Å²) in [7, 11) is 0. The van der Waals surface area contributed by atoms with Crippen LogP contribution in [0.5, 0.6) is 0 Å². The van der Waals surface area contributed by atoms with E-state index >= 15 is 0 Å². The van der Waals surface area contributed by atoms with Gasteiger partial charge in [0.25, 0.3) is 0 Å². The molecule has 0 bridgehead atoms. The zero-order valence-electron chi connectivity index (χ0n) is 20.5. The molecule has 4 heterocycles. The number of piperidine rings is 1. The molecule has 0 aromatic carbocycles. The minimum atomic E-state index is -0.567. The number of nitrogens with one attached hydrogen (secondary N) is 1. The Morgan fingerprint density at radius 3 is 2.69 bits per heavy atom. The number of carbonyl (C=O) groups is 1. The van der Waals surface area contributed by atoms with Crippen molar-refractivity contribution >= 4 is 52.3 Å². The number of aromatic nitrogens is 4. The first-order valence-electron chi connectivity index (χ1n) is 11.6. The van der Waals surface area contributed by atoms with Gasteiger partial charge in [-0.1, -0.05) is 23.4 Å². The van der Waals surface area contributed by atoms with Crippen LogP contribution in [0, 0.1) is 5.41 Å². The van der Waals surface area contributed by atoms with Crippen LogP contribution in [0.3, 0.4) is 0 Å². The van der Waals surface area contributed by atoms with E-state index in [1.807, 2.05) is 32.9 Å². The molecule has 1 saturated heterocycles. The number of ether oxygens (including phenoxy) is 1. The summed E-state index contributed by atoms with van der Waals surface area (Å²) < 4.78 is 5.32. The minimum Gasteiger partial charge on any atom is -0.444 e. The van der Waals surface area contributed by atoms with Crippen molar-refractivity contribution in [3.8, 4) is 0 Å². The van der Waals surface area contributed by atoms with E-state index in [1.54, 1.807) is 18.5 Å². The van der Waals surface area contributed by atoms with Crippen LogP contribution in [-0.4, -0.2) is 63.0 Å². The maximum atomic E-state index is 12.1. The third kappa shape index (κ3) is 6.26. The zero-order valence-corrected chi connectivity index (χ0v) is 22.1. The van der Waals surface area contributed by atoms with Crippen molar-refractivity contribution in [3.05, 3.63) is 35.6 Å². The van der Waals surface area contributed by atoms with Crippen LogP contribution in [0.4, 0.5) is 16.4 Å². The number of carbonyl (C=O) groups excluding carboxylic acids is 1. The van der Waals surface area contributed by atoms with Gasteiger partial charge >= 0.3 is 6.09 Å². The van der Waals surface area contributed by atoms with E-state index in [4.69, 9.17) is 27.1 Å². The molecule has 0 aliphatic carbocycles. The predicted molar refractivity (Wildman–Crippen MR) is 140 cm³/mol. The highest BCUT2D eigenvalue weighted by Gasteiger charge is 2.35. The summed E-state index contributed by atoms with van der Waals surface area (Å²) in [6.07, 6.45) is 4.24. The predicted octanol–water partition coefficient (Wildman–Crippen LogP) is 3.91. The molecule has 192 valence electrons. The van der Waals surface area contributed by atoms with E-state index in [2.05, 4.69) is 25.2 Å². The van der Waals surface area contributed by atoms with Crippen molar-refractivity contribution in [1.82, 2.24) is 25.3 Å². The van der Waals surface area contributed by atoms with Gasteiger partial charge in [0.1, 0.15) is 27.8 Å². The summed E-state index contributed by atoms with van der Waals surface area (Å²) >= 11 is 7.63. The number of hydrogen-bond donors (Lipinski definition) is 3. The number of aliphatic hydroxyl groups excluding tert-OH is 1. The minimum absolute atomic E-state index is 0.0163. The monoisotopic (exact) mass is 531 g/mol. The second-order valence-corrected chi connectivity index (χ2v) is 11.3. The molecule has 1 aliphatic heterocycles. The highest BCUT2D eigenvalue weighted by molar-refractivity contribution is 7.99. The summed E-state index contributed by atoms with van der Waals surface area (Å²) in [4.78, 5) is 32.8. The van der Waals surface area contributed by atoms with Gasteiger partial charge < -0.3 is 25.8 Å². The first-order valence-corrected chi connectivity index (χ1v) is 12.8. The molecule has 0 unspecified atom stereocenters. The fourth-order valence-corrected chi connectivity index (χ4v) is 4.94. The Morgan fingerprint density at radius 1 is 1.25 bits per heavy atom. The molecule has 1 aliphatic rings. The van der Waals surface area contributed by atoms with Gasteiger partial charge in [-0.15, -0.1) is 0 Å². The number of hydrogen-bond acceptors (Lipinski definition) is 10. The third-order valence-electron chi connectivity index (χ3n) is 5.95. The number of pyridine rings is 2. The topological polar surface area (TPSA) is 139 Å². The normalized spacial score (nSPS) is 15.6. The average Bonchev–Trinajstić information content (AvgIpc) is 2.84. The maximum absolute atomic E-state index is 12.1. The largest absolute Gasteiger partial charge is 0.444 e. The van der Waals surface area contributed by atoms with Crippen molar-refractivity contribution in [2.24, 2.45) is 5.41 Å². The van der Waals surface area contributed by atoms with Crippen LogP contribution in [-0.2, 0) is 4.74 Å². The van der Waals surface area contributed by atoms with E-state index < -0.39 is 17.1 Å². The molecule has 1 amide bonds. The summed E-state index contributed by atoms with van der Waals surface area (Å²) in [5, 5.41) is 14.0. The molecule has 4 rings (SSSR count). The summed E-state index contributed by atoms with van der Waals surface area (Å²) in [6.45, 7) is 7.16. The van der Waals surface area contributed by atoms with Gasteiger partial charge in [0.15, 0.2) is 5.65 Å². The number of rotatable bonds is 6. The number of anilines is 2. The Hall–Kier alpha value is -2.89. The Balaban J connectivity index is 1.40. The molecule has 0 saturated carbocycles. The number of fused-ring (bicyclic) bond motifs is 1. The third-order valence-corrected chi connectivity index (χ3v) is 7.46. The van der Waals surface area contributed by atoms with E-state index in [-0.39, 0.29) is 12.4 Å². The van der Waals surface area contributed by atoms with Crippen LogP contribution >= 0.6 is 23.4 Å². The Bertz CT molecular complexity index is 1250. The molecular formula is C24H30ClN7O3S. The van der Waals surface area contributed by atoms with Crippen LogP contribution < -0.4 is 16.0 Å². The second-order valence-electron chi connectivity index (χ2n) is 9.83. The second kappa shape index (κ2) is 10.6. The number of nitrogens with zero attached hydrogens (tertiary/aromatic N) is 5. The van der Waals surface area contributed by atoms with Crippen molar-refractivity contribution in [3.63, 3.8) is 0 Å². The molecule has 1 fully saturated rings. The molecule has 0 spiro atoms. The molecule has 36 heavy (non-hydrogen) atoms. The van der Waals surface area contributed by atoms with E-state index in [9.17, 15) is 9.90 Å². The maximum Gasteiger partial charge on any atom is 0.407 e. The van der Waals surface area contributed by atoms with Gasteiger partial charge in [0.2, 0.25) is 0 Å². The lowest BCUT2D eigenvalue weighted by molar-refractivity contribution is 0.0435. The quantitative estimate of drug-likeness (QED) is 0.428. The highest BCUT2D eigenvalue weighted by atomic mass is 35.5. The smallest absolute Gasteiger partial charge is 0.407 e. The average molecular weight is 532 g/mol. The van der Waals surface area contributed by atoms with Crippen molar-refractivity contribution in [2.45, 2.75) is 49.1 Å². The van der Waals surface area contributed by atoms with Gasteiger partial charge in [0, 0.05) is 36.1 Å². The van der Waals surface area contributed by atoms with Gasteiger partial charge in [-0.05, 0) is 51.8 Å². The number of halogens is 1. The van der Waals surface area contributed by atoms with Crippen molar-refractivity contribution in [1.29, 1.82) is 0 Å². The Labute approximate surface area is 219 Å². The highest BCUT2D eigenvalue weighted by Crippen LogP contribution is 2.35. The van der Waals surface area contributed by atoms with Gasteiger partial charge in [-0.2, -0.15) is 0 Å². The number of nitrogens with two attached hydrogens (primary N) is 1. The molecule has 3 aromatic heterocycles. The molecular weight excluding hydrogens is 502 g/mol. The van der Waals surface area contributed by atoms with Gasteiger partial charge in [-0.3, -0.25) is 0 Å². The summed E-state index contributed by atoms with van der Waals surface area (Å²) in [6, 6.07) is 5.54. The first-order chi connectivity index (χ1) is 17.1. The first kappa shape index (κ1) is 26.2. The van der Waals surface area contributed by atoms with Crippen LogP contribution in [0.15, 0.2) is 40.5 Å². The number of nitrogen functional groups attached to an aromatic ring is 1. The zero-order chi connectivity index (χ0) is 25.9. The molecule has 10 nitrogen and oxygen atoms in total. The van der Waals surface area contributed by atoms with Crippen LogP contribution in [0.2, 0.25) is 5.02 Å². The Kier molecular flexibility index (Phi) is 7.72. The fraction of sp³-hybridized carbons (Fsp3) is 0.458. The SMILES string of the molecule is CC(C)(C)OC(=O)NCC1(CO)CCN(c2cnc3nc(Sc4ccnc(N)c4Cl)ccc3n2)CC1. The number of aliphatic hydroxyl groups is 1. The lowest BCUT2D eigenvalue weighted by Gasteiger charge is -2.41. The lowest BCUT2D eigenvalue weighted by Crippen LogP contribution is -2.49. The standard InChI is InChI=1S/C24H30ClN7O3S/c1-23(2,3)35-22(34)29-13-24(14-33)7-10-32(11-8-24)17-12-28-21-15(30-17)4-5-18(31-21)36-16-6-9-27-20(26)19(16)25/h4-6,9,12,33H,7-8,10-11,13-14H2,1-3H3,(H2,26,27)(H,29,34). The molecule has 0 radical (unpaired) electrons. The summed E-state index contributed by atoms with van der Waals surface area (Å²) in [5.74, 6) is 1.03. The van der Waals surface area contributed by atoms with Gasteiger partial charge in [0.05, 0.1) is 17.8 Å². The van der Waals surface area contributed by atoms with Crippen LogP contribution in [0.25, 0.3) is 11.2 Å². The fourth-order valence-electron chi connectivity index (χ4n) is 3.89.